The zero-order chi connectivity index (χ0) is 11.4. The molecule has 1 aromatic rings. The van der Waals surface area contributed by atoms with Gasteiger partial charge in [-0.15, -0.1) is 0 Å². The van der Waals surface area contributed by atoms with Gasteiger partial charge >= 0.3 is 0 Å². The van der Waals surface area contributed by atoms with Gasteiger partial charge in [-0.2, -0.15) is 0 Å². The second kappa shape index (κ2) is 5.12. The molecule has 0 aliphatic heterocycles. The molecule has 16 heavy (non-hydrogen) atoms. The second-order valence-corrected chi connectivity index (χ2v) is 4.26. The monoisotopic (exact) mass is 218 g/mol. The number of anilines is 1. The maximum absolute atomic E-state index is 11.6. The van der Waals surface area contributed by atoms with Gasteiger partial charge in [0.2, 0.25) is 5.91 Å². The molecule has 0 saturated heterocycles. The molecule has 1 aliphatic rings. The van der Waals surface area contributed by atoms with Crippen LogP contribution < -0.4 is 10.6 Å². The van der Waals surface area contributed by atoms with E-state index >= 15 is 0 Å². The number of rotatable bonds is 5. The highest BCUT2D eigenvalue weighted by Gasteiger charge is 2.20. The average Bonchev–Trinajstić information content (AvgIpc) is 3.10. The summed E-state index contributed by atoms with van der Waals surface area (Å²) in [7, 11) is 0. The van der Waals surface area contributed by atoms with Crippen LogP contribution in [0.1, 0.15) is 25.3 Å². The molecule has 1 saturated carbocycles. The molecule has 0 radical (unpaired) electrons. The van der Waals surface area contributed by atoms with Gasteiger partial charge in [0.25, 0.3) is 0 Å². The molecule has 1 aliphatic carbocycles. The van der Waals surface area contributed by atoms with Crippen molar-refractivity contribution in [1.82, 2.24) is 5.32 Å². The first kappa shape index (κ1) is 11.1. The molecule has 1 fully saturated rings. The topological polar surface area (TPSA) is 41.1 Å². The quantitative estimate of drug-likeness (QED) is 0.793. The molecule has 1 amide bonds. The van der Waals surface area contributed by atoms with Gasteiger partial charge in [-0.05, 0) is 37.0 Å². The van der Waals surface area contributed by atoms with Crippen molar-refractivity contribution >= 4 is 11.6 Å². The van der Waals surface area contributed by atoms with Crippen LogP contribution in [0.2, 0.25) is 0 Å². The number of aryl methyl sites for hydroxylation is 1. The Hall–Kier alpha value is -1.35. The Morgan fingerprint density at radius 3 is 2.94 bits per heavy atom. The average molecular weight is 218 g/mol. The van der Waals surface area contributed by atoms with E-state index in [0.29, 0.717) is 12.6 Å². The normalized spacial score (nSPS) is 14.8. The fraction of sp³-hybridized carbons (Fsp3) is 0.462. The number of benzene rings is 1. The van der Waals surface area contributed by atoms with E-state index in [1.54, 1.807) is 0 Å². The Labute approximate surface area is 96.2 Å². The lowest BCUT2D eigenvalue weighted by molar-refractivity contribution is -0.115. The lowest BCUT2D eigenvalue weighted by atomic mass is 10.1. The van der Waals surface area contributed by atoms with E-state index in [2.05, 4.69) is 23.6 Å². The Morgan fingerprint density at radius 2 is 2.25 bits per heavy atom. The molecule has 0 heterocycles. The number of nitrogens with one attached hydrogen (secondary N) is 2. The molecule has 0 bridgehead atoms. The molecule has 1 aromatic carbocycles. The van der Waals surface area contributed by atoms with E-state index < -0.39 is 0 Å². The van der Waals surface area contributed by atoms with Gasteiger partial charge in [-0.1, -0.05) is 19.1 Å². The summed E-state index contributed by atoms with van der Waals surface area (Å²) in [4.78, 5) is 11.6. The zero-order valence-electron chi connectivity index (χ0n) is 9.62. The highest BCUT2D eigenvalue weighted by molar-refractivity contribution is 5.92. The summed E-state index contributed by atoms with van der Waals surface area (Å²) >= 11 is 0. The summed E-state index contributed by atoms with van der Waals surface area (Å²) in [5, 5.41) is 6.09. The Morgan fingerprint density at radius 1 is 1.44 bits per heavy atom. The van der Waals surface area contributed by atoms with Gasteiger partial charge in [0.15, 0.2) is 0 Å². The van der Waals surface area contributed by atoms with Crippen LogP contribution in [0.25, 0.3) is 0 Å². The highest BCUT2D eigenvalue weighted by Crippen LogP contribution is 2.18. The third-order valence-electron chi connectivity index (χ3n) is 2.75. The van der Waals surface area contributed by atoms with Gasteiger partial charge in [0.05, 0.1) is 6.54 Å². The smallest absolute Gasteiger partial charge is 0.238 e. The maximum atomic E-state index is 11.6. The van der Waals surface area contributed by atoms with Crippen molar-refractivity contribution in [3.63, 3.8) is 0 Å². The van der Waals surface area contributed by atoms with Gasteiger partial charge in [-0.3, -0.25) is 4.79 Å². The van der Waals surface area contributed by atoms with Gasteiger partial charge < -0.3 is 10.6 Å². The molecule has 0 unspecified atom stereocenters. The van der Waals surface area contributed by atoms with Crippen LogP contribution in [0.15, 0.2) is 24.3 Å². The number of hydrogen-bond acceptors (Lipinski definition) is 2. The Bertz CT molecular complexity index is 372. The van der Waals surface area contributed by atoms with Gasteiger partial charge in [0.1, 0.15) is 0 Å². The first-order chi connectivity index (χ1) is 7.78. The Kier molecular flexibility index (Phi) is 3.57. The van der Waals surface area contributed by atoms with E-state index in [4.69, 9.17) is 0 Å². The third kappa shape index (κ3) is 3.35. The molecule has 2 rings (SSSR count). The van der Waals surface area contributed by atoms with E-state index in [9.17, 15) is 4.79 Å². The van der Waals surface area contributed by atoms with Crippen LogP contribution in [0.3, 0.4) is 0 Å². The van der Waals surface area contributed by atoms with Crippen LogP contribution in [-0.2, 0) is 11.2 Å². The predicted molar refractivity (Wildman–Crippen MR) is 65.5 cm³/mol. The van der Waals surface area contributed by atoms with Crippen LogP contribution in [0.5, 0.6) is 0 Å². The molecule has 0 spiro atoms. The lowest BCUT2D eigenvalue weighted by Crippen LogP contribution is -2.29. The SMILES string of the molecule is CCc1cccc(NC(=O)CNC2CC2)c1. The van der Waals surface area contributed by atoms with E-state index in [1.807, 2.05) is 18.2 Å². The summed E-state index contributed by atoms with van der Waals surface area (Å²) in [6.45, 7) is 2.52. The van der Waals surface area contributed by atoms with Crippen LogP contribution >= 0.6 is 0 Å². The number of amides is 1. The van der Waals surface area contributed by atoms with Crippen LogP contribution in [0.4, 0.5) is 5.69 Å². The lowest BCUT2D eigenvalue weighted by Gasteiger charge is -2.07. The molecular weight excluding hydrogens is 200 g/mol. The van der Waals surface area contributed by atoms with E-state index in [0.717, 1.165) is 12.1 Å². The van der Waals surface area contributed by atoms with Crippen molar-refractivity contribution in [2.24, 2.45) is 0 Å². The summed E-state index contributed by atoms with van der Waals surface area (Å²) in [6, 6.07) is 8.57. The fourth-order valence-corrected chi connectivity index (χ4v) is 1.60. The first-order valence-electron chi connectivity index (χ1n) is 5.90. The minimum atomic E-state index is 0.0418. The largest absolute Gasteiger partial charge is 0.325 e. The second-order valence-electron chi connectivity index (χ2n) is 4.26. The molecule has 86 valence electrons. The van der Waals surface area contributed by atoms with Crippen molar-refractivity contribution in [2.45, 2.75) is 32.2 Å². The van der Waals surface area contributed by atoms with Crippen molar-refractivity contribution < 1.29 is 4.79 Å². The molecule has 0 atom stereocenters. The summed E-state index contributed by atoms with van der Waals surface area (Å²) < 4.78 is 0. The number of carbonyl (C=O) groups is 1. The standard InChI is InChI=1S/C13H18N2O/c1-2-10-4-3-5-12(8-10)15-13(16)9-14-11-6-7-11/h3-5,8,11,14H,2,6-7,9H2,1H3,(H,15,16). The zero-order valence-corrected chi connectivity index (χ0v) is 9.62. The molecule has 3 nitrogen and oxygen atoms in total. The van der Waals surface area contributed by atoms with Crippen molar-refractivity contribution in [3.05, 3.63) is 29.8 Å². The van der Waals surface area contributed by atoms with Gasteiger partial charge in [-0.25, -0.2) is 0 Å². The summed E-state index contributed by atoms with van der Waals surface area (Å²) in [5.74, 6) is 0.0418. The third-order valence-corrected chi connectivity index (χ3v) is 2.75. The van der Waals surface area contributed by atoms with Crippen LogP contribution in [-0.4, -0.2) is 18.5 Å². The van der Waals surface area contributed by atoms with E-state index in [1.165, 1.54) is 18.4 Å². The number of hydrogen-bond donors (Lipinski definition) is 2. The fourth-order valence-electron chi connectivity index (χ4n) is 1.60. The van der Waals surface area contributed by atoms with E-state index in [-0.39, 0.29) is 5.91 Å². The molecule has 0 aromatic heterocycles. The summed E-state index contributed by atoms with van der Waals surface area (Å²) in [6.07, 6.45) is 3.40. The van der Waals surface area contributed by atoms with Crippen molar-refractivity contribution in [3.8, 4) is 0 Å². The van der Waals surface area contributed by atoms with Gasteiger partial charge in [0, 0.05) is 11.7 Å². The first-order valence-corrected chi connectivity index (χ1v) is 5.90. The molecule has 3 heteroatoms. The molecular formula is C13H18N2O. The Balaban J connectivity index is 1.83. The minimum absolute atomic E-state index is 0.0418. The maximum Gasteiger partial charge on any atom is 0.238 e. The van der Waals surface area contributed by atoms with Crippen molar-refractivity contribution in [2.75, 3.05) is 11.9 Å². The minimum Gasteiger partial charge on any atom is -0.325 e. The number of carbonyl (C=O) groups excluding carboxylic acids is 1. The van der Waals surface area contributed by atoms with Crippen molar-refractivity contribution in [1.29, 1.82) is 0 Å². The highest BCUT2D eigenvalue weighted by atomic mass is 16.1. The summed E-state index contributed by atoms with van der Waals surface area (Å²) in [5.41, 5.74) is 2.13. The van der Waals surface area contributed by atoms with Crippen LogP contribution in [0, 0.1) is 0 Å². The predicted octanol–water partition coefficient (Wildman–Crippen LogP) is 1.94. The molecule has 2 N–H and O–H groups in total.